The van der Waals surface area contributed by atoms with E-state index in [1.807, 2.05) is 0 Å². The number of carbonyl (C=O) groups is 1. The molecule has 0 unspecified atom stereocenters. The van der Waals surface area contributed by atoms with Crippen LogP contribution in [0.5, 0.6) is 5.75 Å². The molecule has 0 spiro atoms. The van der Waals surface area contributed by atoms with E-state index in [0.29, 0.717) is 0 Å². The lowest BCUT2D eigenvalue weighted by Crippen LogP contribution is -2.17. The molecule has 0 fully saturated rings. The Bertz CT molecular complexity index is 502. The van der Waals surface area contributed by atoms with Gasteiger partial charge in [0, 0.05) is 6.07 Å². The molecule has 0 radical (unpaired) electrons. The van der Waals surface area contributed by atoms with E-state index in [2.05, 4.69) is 0 Å². The number of aromatic carboxylic acids is 1. The molecule has 1 rings (SSSR count). The lowest BCUT2D eigenvalue weighted by atomic mass is 9.83. The van der Waals surface area contributed by atoms with Crippen molar-refractivity contribution in [2.45, 2.75) is 26.2 Å². The molecule has 98 valence electrons. The number of benzene rings is 1. The molecule has 0 aliphatic carbocycles. The third kappa shape index (κ3) is 2.42. The van der Waals surface area contributed by atoms with Crippen LogP contribution in [0.3, 0.4) is 0 Å². The first-order chi connectivity index (χ1) is 8.20. The fourth-order valence-electron chi connectivity index (χ4n) is 1.83. The van der Waals surface area contributed by atoms with E-state index in [9.17, 15) is 14.9 Å². The van der Waals surface area contributed by atoms with Gasteiger partial charge in [-0.05, 0) is 11.5 Å². The summed E-state index contributed by atoms with van der Waals surface area (Å²) < 4.78 is 5.07. The summed E-state index contributed by atoms with van der Waals surface area (Å²) in [5.74, 6) is -1.13. The van der Waals surface area contributed by atoms with Crippen molar-refractivity contribution in [2.75, 3.05) is 7.11 Å². The molecule has 1 N–H and O–H groups in total. The smallest absolute Gasteiger partial charge is 0.339 e. The summed E-state index contributed by atoms with van der Waals surface area (Å²) in [5, 5.41) is 20.1. The topological polar surface area (TPSA) is 89.7 Å². The summed E-state index contributed by atoms with van der Waals surface area (Å²) in [6.07, 6.45) is 0. The van der Waals surface area contributed by atoms with Crippen LogP contribution in [0.4, 0.5) is 5.69 Å². The molecule has 0 aliphatic rings. The van der Waals surface area contributed by atoms with Crippen LogP contribution in [0.2, 0.25) is 0 Å². The van der Waals surface area contributed by atoms with Gasteiger partial charge in [-0.15, -0.1) is 0 Å². The van der Waals surface area contributed by atoms with Gasteiger partial charge in [-0.3, -0.25) is 10.1 Å². The minimum Gasteiger partial charge on any atom is -0.495 e. The van der Waals surface area contributed by atoms with Gasteiger partial charge in [0.1, 0.15) is 11.3 Å². The number of carboxylic acids is 1. The monoisotopic (exact) mass is 253 g/mol. The van der Waals surface area contributed by atoms with Crippen molar-refractivity contribution in [2.24, 2.45) is 0 Å². The summed E-state index contributed by atoms with van der Waals surface area (Å²) in [7, 11) is 1.31. The van der Waals surface area contributed by atoms with Crippen molar-refractivity contribution in [3.05, 3.63) is 33.4 Å². The van der Waals surface area contributed by atoms with Crippen LogP contribution >= 0.6 is 0 Å². The first kappa shape index (κ1) is 14.0. The van der Waals surface area contributed by atoms with Crippen molar-refractivity contribution in [3.8, 4) is 5.75 Å². The van der Waals surface area contributed by atoms with Gasteiger partial charge in [0.2, 0.25) is 0 Å². The van der Waals surface area contributed by atoms with Gasteiger partial charge in [0.15, 0.2) is 0 Å². The quantitative estimate of drug-likeness (QED) is 0.660. The second-order valence-corrected chi connectivity index (χ2v) is 4.85. The summed E-state index contributed by atoms with van der Waals surface area (Å²) in [4.78, 5) is 21.6. The molecule has 0 saturated heterocycles. The summed E-state index contributed by atoms with van der Waals surface area (Å²) >= 11 is 0. The van der Waals surface area contributed by atoms with Gasteiger partial charge >= 0.3 is 5.97 Å². The third-order valence-corrected chi connectivity index (χ3v) is 2.52. The van der Waals surface area contributed by atoms with Gasteiger partial charge in [-0.1, -0.05) is 20.8 Å². The van der Waals surface area contributed by atoms with Crippen LogP contribution in [0.1, 0.15) is 36.7 Å². The number of nitro groups is 1. The molecular weight excluding hydrogens is 238 g/mol. The molecule has 0 bridgehead atoms. The van der Waals surface area contributed by atoms with Gasteiger partial charge in [0.25, 0.3) is 5.69 Å². The van der Waals surface area contributed by atoms with Gasteiger partial charge in [0.05, 0.1) is 17.6 Å². The van der Waals surface area contributed by atoms with E-state index >= 15 is 0 Å². The normalized spacial score (nSPS) is 11.1. The van der Waals surface area contributed by atoms with Crippen LogP contribution in [-0.2, 0) is 5.41 Å². The molecular formula is C12H15NO5. The van der Waals surface area contributed by atoms with E-state index in [-0.39, 0.29) is 22.6 Å². The molecule has 1 aromatic rings. The predicted octanol–water partition coefficient (Wildman–Crippen LogP) is 2.60. The Kier molecular flexibility index (Phi) is 3.59. The SMILES string of the molecule is COc1c(C(=O)O)ccc([N+](=O)[O-])c1C(C)(C)C. The number of nitro benzene ring substituents is 1. The maximum Gasteiger partial charge on any atom is 0.339 e. The van der Waals surface area contributed by atoms with Crippen molar-refractivity contribution < 1.29 is 19.6 Å². The van der Waals surface area contributed by atoms with Crippen molar-refractivity contribution in [1.29, 1.82) is 0 Å². The Morgan fingerprint density at radius 3 is 2.28 bits per heavy atom. The zero-order valence-corrected chi connectivity index (χ0v) is 10.7. The number of carboxylic acid groups (broad SMARTS) is 1. The van der Waals surface area contributed by atoms with E-state index in [1.165, 1.54) is 19.2 Å². The van der Waals surface area contributed by atoms with E-state index in [1.54, 1.807) is 20.8 Å². The minimum absolute atomic E-state index is 0.0456. The summed E-state index contributed by atoms with van der Waals surface area (Å²) in [6.45, 7) is 5.30. The molecule has 1 aromatic carbocycles. The predicted molar refractivity (Wildman–Crippen MR) is 65.3 cm³/mol. The maximum absolute atomic E-state index is 11.1. The minimum atomic E-state index is -1.17. The van der Waals surface area contributed by atoms with Crippen molar-refractivity contribution in [1.82, 2.24) is 0 Å². The van der Waals surface area contributed by atoms with E-state index in [4.69, 9.17) is 9.84 Å². The highest BCUT2D eigenvalue weighted by atomic mass is 16.6. The first-order valence-electron chi connectivity index (χ1n) is 5.29. The Labute approximate surface area is 104 Å². The molecule has 0 heterocycles. The molecule has 0 amide bonds. The number of rotatable bonds is 3. The summed E-state index contributed by atoms with van der Waals surface area (Å²) in [5.41, 5.74) is -0.522. The highest BCUT2D eigenvalue weighted by Gasteiger charge is 2.32. The van der Waals surface area contributed by atoms with Crippen molar-refractivity contribution in [3.63, 3.8) is 0 Å². The van der Waals surface area contributed by atoms with Crippen LogP contribution in [0, 0.1) is 10.1 Å². The number of nitrogens with zero attached hydrogens (tertiary/aromatic N) is 1. The van der Waals surface area contributed by atoms with Crippen molar-refractivity contribution >= 4 is 11.7 Å². The Morgan fingerprint density at radius 1 is 1.39 bits per heavy atom. The largest absolute Gasteiger partial charge is 0.495 e. The fraction of sp³-hybridized carbons (Fsp3) is 0.417. The molecule has 0 aromatic heterocycles. The Balaban J connectivity index is 3.73. The average Bonchev–Trinajstić information content (AvgIpc) is 2.25. The summed E-state index contributed by atoms with van der Waals surface area (Å²) in [6, 6.07) is 2.39. The highest BCUT2D eigenvalue weighted by Crippen LogP contribution is 2.40. The highest BCUT2D eigenvalue weighted by molar-refractivity contribution is 5.92. The first-order valence-corrected chi connectivity index (χ1v) is 5.29. The molecule has 0 saturated carbocycles. The number of ether oxygens (including phenoxy) is 1. The average molecular weight is 253 g/mol. The van der Waals surface area contributed by atoms with E-state index < -0.39 is 16.3 Å². The zero-order chi connectivity index (χ0) is 14.1. The van der Waals surface area contributed by atoms with Gasteiger partial charge in [-0.2, -0.15) is 0 Å². The second kappa shape index (κ2) is 4.64. The number of hydrogen-bond acceptors (Lipinski definition) is 4. The second-order valence-electron chi connectivity index (χ2n) is 4.85. The van der Waals surface area contributed by atoms with E-state index in [0.717, 1.165) is 0 Å². The molecule has 18 heavy (non-hydrogen) atoms. The zero-order valence-electron chi connectivity index (χ0n) is 10.7. The fourth-order valence-corrected chi connectivity index (χ4v) is 1.83. The van der Waals surface area contributed by atoms with Gasteiger partial charge < -0.3 is 9.84 Å². The molecule has 0 aliphatic heterocycles. The maximum atomic E-state index is 11.1. The van der Waals surface area contributed by atoms with Crippen LogP contribution in [-0.4, -0.2) is 23.1 Å². The Hall–Kier alpha value is -2.11. The Morgan fingerprint density at radius 2 is 1.94 bits per heavy atom. The molecule has 0 atom stereocenters. The lowest BCUT2D eigenvalue weighted by molar-refractivity contribution is -0.386. The number of methoxy groups -OCH3 is 1. The lowest BCUT2D eigenvalue weighted by Gasteiger charge is -2.22. The number of hydrogen-bond donors (Lipinski definition) is 1. The van der Waals surface area contributed by atoms with Crippen LogP contribution < -0.4 is 4.74 Å². The van der Waals surface area contributed by atoms with Crippen LogP contribution in [0.25, 0.3) is 0 Å². The standard InChI is InChI=1S/C12H15NO5/c1-12(2,3)9-8(13(16)17)6-5-7(11(14)15)10(9)18-4/h5-6H,1-4H3,(H,14,15). The van der Waals surface area contributed by atoms with Gasteiger partial charge in [-0.25, -0.2) is 4.79 Å². The molecule has 6 heteroatoms. The molecule has 6 nitrogen and oxygen atoms in total. The van der Waals surface area contributed by atoms with Crippen LogP contribution in [0.15, 0.2) is 12.1 Å². The third-order valence-electron chi connectivity index (χ3n) is 2.52.